The standard InChI is InChI=1S/C13H18N2O3/c1-13(2,3)8-14-12(18)15-10-6-4-5-9(7-10)11(16)17/h4-7H,8H2,1-3H3,(H,16,17)(H2,14,15,18). The fourth-order valence-electron chi connectivity index (χ4n) is 1.25. The minimum atomic E-state index is -1.02. The van der Waals surface area contributed by atoms with E-state index in [-0.39, 0.29) is 17.0 Å². The van der Waals surface area contributed by atoms with E-state index in [1.807, 2.05) is 20.8 Å². The van der Waals surface area contributed by atoms with Crippen LogP contribution in [0.3, 0.4) is 0 Å². The number of hydrogen-bond donors (Lipinski definition) is 3. The quantitative estimate of drug-likeness (QED) is 0.771. The second-order valence-corrected chi connectivity index (χ2v) is 5.25. The third kappa shape index (κ3) is 4.86. The Kier molecular flexibility index (Phi) is 4.31. The molecule has 0 aromatic heterocycles. The van der Waals surface area contributed by atoms with E-state index >= 15 is 0 Å². The number of benzene rings is 1. The molecule has 1 rings (SSSR count). The fraction of sp³-hybridized carbons (Fsp3) is 0.385. The zero-order valence-electron chi connectivity index (χ0n) is 10.8. The number of carbonyl (C=O) groups excluding carboxylic acids is 1. The highest BCUT2D eigenvalue weighted by molar-refractivity contribution is 5.93. The Bertz CT molecular complexity index is 450. The van der Waals surface area contributed by atoms with E-state index < -0.39 is 5.97 Å². The molecule has 98 valence electrons. The number of carbonyl (C=O) groups is 2. The molecule has 1 aromatic rings. The Balaban J connectivity index is 2.59. The van der Waals surface area contributed by atoms with Crippen LogP contribution in [0.2, 0.25) is 0 Å². The van der Waals surface area contributed by atoms with Gasteiger partial charge < -0.3 is 15.7 Å². The van der Waals surface area contributed by atoms with E-state index in [4.69, 9.17) is 5.11 Å². The predicted octanol–water partition coefficient (Wildman–Crippen LogP) is 2.55. The number of hydrogen-bond acceptors (Lipinski definition) is 2. The van der Waals surface area contributed by atoms with E-state index in [2.05, 4.69) is 10.6 Å². The van der Waals surface area contributed by atoms with Gasteiger partial charge in [0.25, 0.3) is 0 Å². The highest BCUT2D eigenvalue weighted by atomic mass is 16.4. The van der Waals surface area contributed by atoms with Crippen molar-refractivity contribution in [1.82, 2.24) is 5.32 Å². The largest absolute Gasteiger partial charge is 0.478 e. The van der Waals surface area contributed by atoms with Crippen LogP contribution >= 0.6 is 0 Å². The van der Waals surface area contributed by atoms with Crippen molar-refractivity contribution in [1.29, 1.82) is 0 Å². The van der Waals surface area contributed by atoms with E-state index in [9.17, 15) is 9.59 Å². The van der Waals surface area contributed by atoms with Crippen LogP contribution < -0.4 is 10.6 Å². The summed E-state index contributed by atoms with van der Waals surface area (Å²) in [6.45, 7) is 6.58. The Hall–Kier alpha value is -2.04. The zero-order chi connectivity index (χ0) is 13.8. The summed E-state index contributed by atoms with van der Waals surface area (Å²) in [5, 5.41) is 14.1. The average Bonchev–Trinajstić information content (AvgIpc) is 2.26. The fourth-order valence-corrected chi connectivity index (χ4v) is 1.25. The molecule has 0 heterocycles. The molecular weight excluding hydrogens is 232 g/mol. The Morgan fingerprint density at radius 3 is 2.50 bits per heavy atom. The molecule has 0 atom stereocenters. The molecule has 0 saturated heterocycles. The van der Waals surface area contributed by atoms with Crippen LogP contribution in [0.4, 0.5) is 10.5 Å². The van der Waals surface area contributed by atoms with E-state index in [0.29, 0.717) is 12.2 Å². The van der Waals surface area contributed by atoms with E-state index in [1.54, 1.807) is 12.1 Å². The van der Waals surface area contributed by atoms with Crippen molar-refractivity contribution in [2.24, 2.45) is 5.41 Å². The van der Waals surface area contributed by atoms with Gasteiger partial charge in [-0.2, -0.15) is 0 Å². The van der Waals surface area contributed by atoms with Gasteiger partial charge in [-0.25, -0.2) is 9.59 Å². The number of nitrogens with one attached hydrogen (secondary N) is 2. The lowest BCUT2D eigenvalue weighted by Gasteiger charge is -2.18. The van der Waals surface area contributed by atoms with Crippen molar-refractivity contribution in [3.05, 3.63) is 29.8 Å². The molecule has 1 aromatic carbocycles. The molecule has 0 spiro atoms. The zero-order valence-corrected chi connectivity index (χ0v) is 10.8. The normalized spacial score (nSPS) is 10.8. The van der Waals surface area contributed by atoms with Gasteiger partial charge in [0.15, 0.2) is 0 Å². The van der Waals surface area contributed by atoms with Gasteiger partial charge in [-0.15, -0.1) is 0 Å². The molecule has 0 saturated carbocycles. The molecule has 0 aliphatic heterocycles. The molecule has 0 unspecified atom stereocenters. The van der Waals surface area contributed by atoms with Crippen molar-refractivity contribution in [2.75, 3.05) is 11.9 Å². The second-order valence-electron chi connectivity index (χ2n) is 5.25. The Morgan fingerprint density at radius 2 is 1.94 bits per heavy atom. The van der Waals surface area contributed by atoms with Gasteiger partial charge in [-0.1, -0.05) is 26.8 Å². The Morgan fingerprint density at radius 1 is 1.28 bits per heavy atom. The van der Waals surface area contributed by atoms with Crippen LogP contribution in [0.1, 0.15) is 31.1 Å². The lowest BCUT2D eigenvalue weighted by atomic mass is 9.97. The van der Waals surface area contributed by atoms with Gasteiger partial charge in [0.2, 0.25) is 0 Å². The van der Waals surface area contributed by atoms with E-state index in [0.717, 1.165) is 0 Å². The third-order valence-electron chi connectivity index (χ3n) is 2.15. The SMILES string of the molecule is CC(C)(C)CNC(=O)Nc1cccc(C(=O)O)c1. The molecule has 5 nitrogen and oxygen atoms in total. The Labute approximate surface area is 106 Å². The number of urea groups is 1. The highest BCUT2D eigenvalue weighted by Crippen LogP contribution is 2.12. The first-order chi connectivity index (χ1) is 8.28. The summed E-state index contributed by atoms with van der Waals surface area (Å²) < 4.78 is 0. The summed E-state index contributed by atoms with van der Waals surface area (Å²) in [5.41, 5.74) is 0.602. The maximum atomic E-state index is 11.6. The van der Waals surface area contributed by atoms with Crippen molar-refractivity contribution in [3.63, 3.8) is 0 Å². The summed E-state index contributed by atoms with van der Waals surface area (Å²) in [7, 11) is 0. The second kappa shape index (κ2) is 5.53. The molecule has 0 radical (unpaired) electrons. The first kappa shape index (κ1) is 14.0. The number of anilines is 1. The molecule has 0 bridgehead atoms. The maximum absolute atomic E-state index is 11.6. The number of aromatic carboxylic acids is 1. The number of rotatable bonds is 3. The molecule has 0 fully saturated rings. The van der Waals surface area contributed by atoms with Gasteiger partial charge in [0.05, 0.1) is 5.56 Å². The van der Waals surface area contributed by atoms with Gasteiger partial charge in [0, 0.05) is 12.2 Å². The molecular formula is C13H18N2O3. The maximum Gasteiger partial charge on any atom is 0.335 e. The van der Waals surface area contributed by atoms with Crippen LogP contribution in [0.15, 0.2) is 24.3 Å². The topological polar surface area (TPSA) is 78.4 Å². The van der Waals surface area contributed by atoms with E-state index in [1.165, 1.54) is 12.1 Å². The summed E-state index contributed by atoms with van der Waals surface area (Å²) >= 11 is 0. The summed E-state index contributed by atoms with van der Waals surface area (Å²) in [6, 6.07) is 5.78. The van der Waals surface area contributed by atoms with Gasteiger partial charge in [-0.3, -0.25) is 0 Å². The summed E-state index contributed by atoms with van der Waals surface area (Å²) in [6.07, 6.45) is 0. The van der Waals surface area contributed by atoms with Crippen molar-refractivity contribution in [3.8, 4) is 0 Å². The van der Waals surface area contributed by atoms with Crippen LogP contribution in [-0.2, 0) is 0 Å². The number of amides is 2. The summed E-state index contributed by atoms with van der Waals surface area (Å²) in [4.78, 5) is 22.3. The van der Waals surface area contributed by atoms with Gasteiger partial charge >= 0.3 is 12.0 Å². The molecule has 5 heteroatoms. The molecule has 2 amide bonds. The van der Waals surface area contributed by atoms with Crippen LogP contribution in [-0.4, -0.2) is 23.7 Å². The highest BCUT2D eigenvalue weighted by Gasteiger charge is 2.12. The van der Waals surface area contributed by atoms with Gasteiger partial charge in [-0.05, 0) is 23.6 Å². The van der Waals surface area contributed by atoms with Gasteiger partial charge in [0.1, 0.15) is 0 Å². The number of carboxylic acids is 1. The van der Waals surface area contributed by atoms with Crippen molar-refractivity contribution < 1.29 is 14.7 Å². The molecule has 0 aliphatic rings. The molecule has 0 aliphatic carbocycles. The minimum Gasteiger partial charge on any atom is -0.478 e. The summed E-state index contributed by atoms with van der Waals surface area (Å²) in [5.74, 6) is -1.02. The average molecular weight is 250 g/mol. The van der Waals surface area contributed by atoms with Crippen LogP contribution in [0, 0.1) is 5.41 Å². The first-order valence-electron chi connectivity index (χ1n) is 5.66. The predicted molar refractivity (Wildman–Crippen MR) is 69.9 cm³/mol. The lowest BCUT2D eigenvalue weighted by molar-refractivity contribution is 0.0697. The van der Waals surface area contributed by atoms with Crippen LogP contribution in [0.5, 0.6) is 0 Å². The number of carboxylic acid groups (broad SMARTS) is 1. The smallest absolute Gasteiger partial charge is 0.335 e. The lowest BCUT2D eigenvalue weighted by Crippen LogP contribution is -2.35. The third-order valence-corrected chi connectivity index (χ3v) is 2.15. The monoisotopic (exact) mass is 250 g/mol. The molecule has 3 N–H and O–H groups in total. The first-order valence-corrected chi connectivity index (χ1v) is 5.66. The van der Waals surface area contributed by atoms with Crippen LogP contribution in [0.25, 0.3) is 0 Å². The molecule has 18 heavy (non-hydrogen) atoms. The minimum absolute atomic E-state index is 0.000251. The van der Waals surface area contributed by atoms with Crippen molar-refractivity contribution >= 4 is 17.7 Å². The van der Waals surface area contributed by atoms with Crippen molar-refractivity contribution in [2.45, 2.75) is 20.8 Å².